The molecular weight excluding hydrogens is 514 g/mol. The Labute approximate surface area is 242 Å². The number of aromatic amines is 1. The smallest absolute Gasteiger partial charge is 0.245 e. The van der Waals surface area contributed by atoms with Gasteiger partial charge in [0.05, 0.1) is 5.92 Å². The second-order valence-electron chi connectivity index (χ2n) is 12.5. The molecule has 0 radical (unpaired) electrons. The van der Waals surface area contributed by atoms with Crippen LogP contribution in [0.5, 0.6) is 0 Å². The summed E-state index contributed by atoms with van der Waals surface area (Å²) >= 11 is 0. The highest BCUT2D eigenvalue weighted by Gasteiger charge is 2.48. The number of likely N-dealkylation sites (N-methyl/N-ethyl adjacent to an activating group) is 1. The number of hydrogen-bond acceptors (Lipinski definition) is 4. The van der Waals surface area contributed by atoms with Crippen LogP contribution >= 0.6 is 0 Å². The molecule has 3 aromatic rings. The van der Waals surface area contributed by atoms with Crippen molar-refractivity contribution in [2.24, 2.45) is 5.73 Å². The summed E-state index contributed by atoms with van der Waals surface area (Å²) < 4.78 is 0. The van der Waals surface area contributed by atoms with Gasteiger partial charge in [0.1, 0.15) is 6.04 Å². The third kappa shape index (κ3) is 5.93. The van der Waals surface area contributed by atoms with Gasteiger partial charge in [-0.2, -0.15) is 0 Å². The van der Waals surface area contributed by atoms with Crippen LogP contribution < -0.4 is 11.1 Å². The summed E-state index contributed by atoms with van der Waals surface area (Å²) in [6, 6.07) is 15.5. The zero-order chi connectivity index (χ0) is 29.4. The van der Waals surface area contributed by atoms with Crippen LogP contribution in [0, 0.1) is 0 Å². The molecule has 0 saturated carbocycles. The number of nitrogens with two attached hydrogens (primary N) is 1. The van der Waals surface area contributed by atoms with Gasteiger partial charge in [0.15, 0.2) is 0 Å². The maximum atomic E-state index is 14.0. The number of para-hydroxylation sites is 1. The van der Waals surface area contributed by atoms with Crippen LogP contribution in [0.2, 0.25) is 0 Å². The van der Waals surface area contributed by atoms with E-state index >= 15 is 0 Å². The fourth-order valence-corrected chi connectivity index (χ4v) is 6.51. The molecule has 1 spiro atoms. The van der Waals surface area contributed by atoms with Crippen LogP contribution in [0.15, 0.2) is 66.9 Å². The monoisotopic (exact) mass is 555 g/mol. The van der Waals surface area contributed by atoms with E-state index < -0.39 is 11.6 Å². The first-order valence-electron chi connectivity index (χ1n) is 14.4. The predicted octanol–water partition coefficient (Wildman–Crippen LogP) is 3.62. The van der Waals surface area contributed by atoms with E-state index in [9.17, 15) is 14.4 Å². The first-order valence-corrected chi connectivity index (χ1v) is 14.4. The Hall–Kier alpha value is -3.91. The van der Waals surface area contributed by atoms with Gasteiger partial charge in [-0.1, -0.05) is 48.5 Å². The number of nitrogens with one attached hydrogen (secondary N) is 2. The largest absolute Gasteiger partial charge is 0.361 e. The number of nitrogens with zero attached hydrogens (tertiary/aromatic N) is 2. The second-order valence-corrected chi connectivity index (χ2v) is 12.5. The number of amides is 3. The zero-order valence-corrected chi connectivity index (χ0v) is 24.4. The van der Waals surface area contributed by atoms with Crippen LogP contribution in [0.3, 0.4) is 0 Å². The molecule has 1 aromatic heterocycles. The summed E-state index contributed by atoms with van der Waals surface area (Å²) in [7, 11) is 3.62. The molecule has 5 rings (SSSR count). The molecule has 2 aliphatic rings. The Kier molecular flexibility index (Phi) is 7.79. The summed E-state index contributed by atoms with van der Waals surface area (Å²) in [5.74, 6) is -0.463. The van der Waals surface area contributed by atoms with E-state index in [2.05, 4.69) is 22.4 Å². The lowest BCUT2D eigenvalue weighted by Gasteiger charge is -2.41. The van der Waals surface area contributed by atoms with E-state index in [0.29, 0.717) is 19.5 Å². The van der Waals surface area contributed by atoms with Gasteiger partial charge in [0.2, 0.25) is 17.7 Å². The fourth-order valence-electron chi connectivity index (χ4n) is 6.51. The summed E-state index contributed by atoms with van der Waals surface area (Å²) in [5.41, 5.74) is 9.58. The quantitative estimate of drug-likeness (QED) is 0.387. The molecule has 0 bridgehead atoms. The lowest BCUT2D eigenvalue weighted by Crippen LogP contribution is -2.53. The number of carbonyl (C=O) groups is 3. The Morgan fingerprint density at radius 3 is 2.51 bits per heavy atom. The van der Waals surface area contributed by atoms with Gasteiger partial charge in [-0.25, -0.2) is 0 Å². The molecule has 4 N–H and O–H groups in total. The minimum atomic E-state index is -0.722. The van der Waals surface area contributed by atoms with Crippen molar-refractivity contribution in [2.45, 2.75) is 62.4 Å². The molecule has 2 atom stereocenters. The molecular formula is C33H41N5O3. The summed E-state index contributed by atoms with van der Waals surface area (Å²) in [6.45, 7) is 4.77. The molecule has 41 heavy (non-hydrogen) atoms. The highest BCUT2D eigenvalue weighted by atomic mass is 16.2. The average Bonchev–Trinajstić information content (AvgIpc) is 3.50. The topological polar surface area (TPSA) is 112 Å². The van der Waals surface area contributed by atoms with Crippen molar-refractivity contribution >= 4 is 28.6 Å². The van der Waals surface area contributed by atoms with Crippen molar-refractivity contribution in [3.05, 3.63) is 83.6 Å². The van der Waals surface area contributed by atoms with Crippen molar-refractivity contribution in [1.82, 2.24) is 20.1 Å². The first kappa shape index (κ1) is 28.6. The van der Waals surface area contributed by atoms with Gasteiger partial charge < -0.3 is 25.8 Å². The fraction of sp³-hybridized carbons (Fsp3) is 0.424. The number of aromatic nitrogens is 1. The predicted molar refractivity (Wildman–Crippen MR) is 161 cm³/mol. The average molecular weight is 556 g/mol. The molecule has 1 unspecified atom stereocenters. The Morgan fingerprint density at radius 1 is 1.12 bits per heavy atom. The van der Waals surface area contributed by atoms with Crippen molar-refractivity contribution in [1.29, 1.82) is 0 Å². The Bertz CT molecular complexity index is 1470. The summed E-state index contributed by atoms with van der Waals surface area (Å²) in [6.07, 6.45) is 7.67. The molecule has 1 saturated heterocycles. The Morgan fingerprint density at radius 2 is 1.80 bits per heavy atom. The molecule has 2 aromatic carbocycles. The van der Waals surface area contributed by atoms with Crippen molar-refractivity contribution in [2.75, 3.05) is 27.2 Å². The van der Waals surface area contributed by atoms with Crippen molar-refractivity contribution < 1.29 is 14.4 Å². The van der Waals surface area contributed by atoms with Crippen LogP contribution in [0.4, 0.5) is 0 Å². The highest BCUT2D eigenvalue weighted by molar-refractivity contribution is 5.94. The van der Waals surface area contributed by atoms with E-state index in [0.717, 1.165) is 41.3 Å². The lowest BCUT2D eigenvalue weighted by atomic mass is 9.73. The number of carbonyl (C=O) groups excluding carboxylic acids is 3. The molecule has 8 heteroatoms. The second kappa shape index (κ2) is 11.2. The van der Waals surface area contributed by atoms with E-state index in [1.807, 2.05) is 75.4 Å². The van der Waals surface area contributed by atoms with Crippen LogP contribution in [0.1, 0.15) is 55.7 Å². The Balaban J connectivity index is 1.35. The summed E-state index contributed by atoms with van der Waals surface area (Å²) in [5, 5.41) is 4.00. The van der Waals surface area contributed by atoms with E-state index in [4.69, 9.17) is 5.73 Å². The van der Waals surface area contributed by atoms with Crippen molar-refractivity contribution in [3.8, 4) is 0 Å². The highest BCUT2D eigenvalue weighted by Crippen LogP contribution is 2.52. The van der Waals surface area contributed by atoms with E-state index in [1.54, 1.807) is 11.0 Å². The van der Waals surface area contributed by atoms with Crippen LogP contribution in [-0.2, 0) is 26.2 Å². The van der Waals surface area contributed by atoms with Gasteiger partial charge in [0.25, 0.3) is 0 Å². The number of piperidine rings is 1. The maximum absolute atomic E-state index is 14.0. The van der Waals surface area contributed by atoms with E-state index in [1.165, 1.54) is 11.6 Å². The number of rotatable bonds is 7. The van der Waals surface area contributed by atoms with Crippen molar-refractivity contribution in [3.63, 3.8) is 0 Å². The standard InChI is InChI=1S/C33H41N5O3/c1-32(2,34)14-13-29(39)36-28(19-22-21-35-27-12-8-6-9-23(22)27)31(41)38-17-15-33(16-18-38)20-25(30(40)37(3)4)24-10-5-7-11-26(24)33/h5-14,21,25,28,35H,15-20,34H2,1-4H3,(H,36,39)/b14-13+/t25?,28-/m1/s1. The molecule has 3 amide bonds. The number of benzene rings is 2. The summed E-state index contributed by atoms with van der Waals surface area (Å²) in [4.78, 5) is 46.8. The van der Waals surface area contributed by atoms with E-state index in [-0.39, 0.29) is 29.1 Å². The minimum Gasteiger partial charge on any atom is -0.361 e. The zero-order valence-electron chi connectivity index (χ0n) is 24.4. The number of likely N-dealkylation sites (tertiary alicyclic amines) is 1. The third-order valence-corrected chi connectivity index (χ3v) is 8.65. The third-order valence-electron chi connectivity index (χ3n) is 8.65. The van der Waals surface area contributed by atoms with Gasteiger partial charge in [-0.15, -0.1) is 0 Å². The molecule has 216 valence electrons. The lowest BCUT2D eigenvalue weighted by molar-refractivity contribution is -0.137. The van der Waals surface area contributed by atoms with Gasteiger partial charge in [-0.3, -0.25) is 14.4 Å². The SMILES string of the molecule is CN(C)C(=O)C1CC2(CCN(C(=O)[C@@H](Cc3c[nH]c4ccccc34)NC(=O)/C=C/C(C)(C)N)CC2)c2ccccc21. The van der Waals surface area contributed by atoms with Crippen LogP contribution in [0.25, 0.3) is 10.9 Å². The minimum absolute atomic E-state index is 0.0916. The molecule has 1 aliphatic heterocycles. The molecule has 8 nitrogen and oxygen atoms in total. The number of H-pyrrole nitrogens is 1. The first-order chi connectivity index (χ1) is 19.5. The van der Waals surface area contributed by atoms with Gasteiger partial charge >= 0.3 is 0 Å². The number of hydrogen-bond donors (Lipinski definition) is 3. The van der Waals surface area contributed by atoms with Gasteiger partial charge in [-0.05, 0) is 55.9 Å². The molecule has 1 aliphatic carbocycles. The number of fused-ring (bicyclic) bond motifs is 3. The molecule has 1 fully saturated rings. The van der Waals surface area contributed by atoms with Crippen LogP contribution in [-0.4, -0.2) is 71.3 Å². The van der Waals surface area contributed by atoms with Gasteiger partial charge in [0, 0.05) is 67.7 Å². The maximum Gasteiger partial charge on any atom is 0.245 e. The molecule has 2 heterocycles. The normalized spacial score (nSPS) is 19.0.